The third-order valence-corrected chi connectivity index (χ3v) is 1.25. The van der Waals surface area contributed by atoms with Crippen molar-refractivity contribution in [3.63, 3.8) is 0 Å². The van der Waals surface area contributed by atoms with E-state index in [1.807, 2.05) is 6.92 Å². The third-order valence-electron chi connectivity index (χ3n) is 1.25. The molecule has 0 aliphatic carbocycles. The average molecular weight is 128 g/mol. The SMILES string of the molecule is CCC(C)(O)/C=C/C=O. The normalized spacial score (nSPS) is 17.7. The van der Waals surface area contributed by atoms with E-state index in [0.717, 1.165) is 0 Å². The minimum Gasteiger partial charge on any atom is -0.386 e. The quantitative estimate of drug-likeness (QED) is 0.453. The van der Waals surface area contributed by atoms with Gasteiger partial charge in [0.25, 0.3) is 0 Å². The summed E-state index contributed by atoms with van der Waals surface area (Å²) < 4.78 is 0. The lowest BCUT2D eigenvalue weighted by atomic mass is 10.0. The molecule has 0 bridgehead atoms. The van der Waals surface area contributed by atoms with Crippen molar-refractivity contribution in [3.05, 3.63) is 12.2 Å². The molecule has 0 aliphatic rings. The van der Waals surface area contributed by atoms with Gasteiger partial charge in [0.05, 0.1) is 5.60 Å². The van der Waals surface area contributed by atoms with Gasteiger partial charge in [-0.15, -0.1) is 0 Å². The van der Waals surface area contributed by atoms with Crippen molar-refractivity contribution < 1.29 is 9.90 Å². The standard InChI is InChI=1S/C7H12O2/c1-3-7(2,9)5-4-6-8/h4-6,9H,3H2,1-2H3/b5-4+. The van der Waals surface area contributed by atoms with Crippen LogP contribution in [0.4, 0.5) is 0 Å². The van der Waals surface area contributed by atoms with Gasteiger partial charge in [-0.25, -0.2) is 0 Å². The lowest BCUT2D eigenvalue weighted by Gasteiger charge is -2.14. The summed E-state index contributed by atoms with van der Waals surface area (Å²) in [7, 11) is 0. The molecule has 0 saturated carbocycles. The number of hydrogen-bond donors (Lipinski definition) is 1. The number of rotatable bonds is 3. The van der Waals surface area contributed by atoms with Gasteiger partial charge in [0.15, 0.2) is 0 Å². The molecule has 1 atom stereocenters. The first-order valence-electron chi connectivity index (χ1n) is 2.98. The van der Waals surface area contributed by atoms with Crippen LogP contribution in [0.2, 0.25) is 0 Å². The fourth-order valence-corrected chi connectivity index (χ4v) is 0.364. The molecule has 0 aromatic heterocycles. The second-order valence-corrected chi connectivity index (χ2v) is 2.21. The molecule has 0 rings (SSSR count). The largest absolute Gasteiger partial charge is 0.386 e. The molecule has 0 amide bonds. The maximum atomic E-state index is 9.77. The van der Waals surface area contributed by atoms with Gasteiger partial charge in [0, 0.05) is 0 Å². The Bertz CT molecular complexity index is 114. The predicted molar refractivity (Wildman–Crippen MR) is 36.1 cm³/mol. The molecule has 0 aromatic carbocycles. The number of hydrogen-bond acceptors (Lipinski definition) is 2. The number of allylic oxidation sites excluding steroid dienone is 1. The molecule has 9 heavy (non-hydrogen) atoms. The first-order valence-corrected chi connectivity index (χ1v) is 2.98. The van der Waals surface area contributed by atoms with Crippen molar-refractivity contribution in [2.75, 3.05) is 0 Å². The molecular weight excluding hydrogens is 116 g/mol. The van der Waals surface area contributed by atoms with Crippen LogP contribution in [-0.2, 0) is 4.79 Å². The van der Waals surface area contributed by atoms with E-state index < -0.39 is 5.60 Å². The van der Waals surface area contributed by atoms with E-state index in [0.29, 0.717) is 12.7 Å². The number of aldehydes is 1. The molecule has 0 aromatic rings. The number of aliphatic hydroxyl groups is 1. The Labute approximate surface area is 55.2 Å². The van der Waals surface area contributed by atoms with Crippen molar-refractivity contribution in [3.8, 4) is 0 Å². The fourth-order valence-electron chi connectivity index (χ4n) is 0.364. The summed E-state index contributed by atoms with van der Waals surface area (Å²) in [6, 6.07) is 0. The zero-order chi connectivity index (χ0) is 7.33. The Kier molecular flexibility index (Phi) is 3.17. The van der Waals surface area contributed by atoms with Crippen LogP contribution < -0.4 is 0 Å². The molecule has 2 heteroatoms. The van der Waals surface area contributed by atoms with Crippen LogP contribution in [0.25, 0.3) is 0 Å². The van der Waals surface area contributed by atoms with Gasteiger partial charge in [-0.2, -0.15) is 0 Å². The maximum Gasteiger partial charge on any atom is 0.142 e. The molecule has 0 fully saturated rings. The zero-order valence-corrected chi connectivity index (χ0v) is 5.79. The molecule has 0 heterocycles. The molecule has 0 spiro atoms. The van der Waals surface area contributed by atoms with Gasteiger partial charge in [-0.3, -0.25) is 4.79 Å². The van der Waals surface area contributed by atoms with E-state index in [1.165, 1.54) is 12.2 Å². The second-order valence-electron chi connectivity index (χ2n) is 2.21. The minimum atomic E-state index is -0.819. The van der Waals surface area contributed by atoms with Crippen LogP contribution in [-0.4, -0.2) is 17.0 Å². The molecule has 52 valence electrons. The highest BCUT2D eigenvalue weighted by atomic mass is 16.3. The summed E-state index contributed by atoms with van der Waals surface area (Å²) in [5, 5.41) is 9.21. The highest BCUT2D eigenvalue weighted by molar-refractivity contribution is 5.64. The summed E-state index contributed by atoms with van der Waals surface area (Å²) in [4.78, 5) is 9.77. The Morgan fingerprint density at radius 1 is 1.67 bits per heavy atom. The highest BCUT2D eigenvalue weighted by Gasteiger charge is 2.10. The monoisotopic (exact) mass is 128 g/mol. The van der Waals surface area contributed by atoms with Crippen LogP contribution >= 0.6 is 0 Å². The summed E-state index contributed by atoms with van der Waals surface area (Å²) >= 11 is 0. The maximum absolute atomic E-state index is 9.77. The topological polar surface area (TPSA) is 37.3 Å². The summed E-state index contributed by atoms with van der Waals surface area (Å²) in [6.45, 7) is 3.52. The van der Waals surface area contributed by atoms with Crippen molar-refractivity contribution >= 4 is 6.29 Å². The summed E-state index contributed by atoms with van der Waals surface area (Å²) in [6.07, 6.45) is 4.07. The molecule has 0 radical (unpaired) electrons. The van der Waals surface area contributed by atoms with Gasteiger partial charge in [-0.05, 0) is 19.4 Å². The van der Waals surface area contributed by atoms with Gasteiger partial charge in [0.2, 0.25) is 0 Å². The van der Waals surface area contributed by atoms with Crippen LogP contribution in [0.5, 0.6) is 0 Å². The first-order chi connectivity index (χ1) is 4.12. The number of carbonyl (C=O) groups is 1. The molecular formula is C7H12O2. The Hall–Kier alpha value is -0.630. The van der Waals surface area contributed by atoms with Crippen molar-refractivity contribution in [2.24, 2.45) is 0 Å². The van der Waals surface area contributed by atoms with Crippen LogP contribution in [0.3, 0.4) is 0 Å². The van der Waals surface area contributed by atoms with E-state index in [1.54, 1.807) is 6.92 Å². The highest BCUT2D eigenvalue weighted by Crippen LogP contribution is 2.08. The second kappa shape index (κ2) is 3.41. The van der Waals surface area contributed by atoms with Crippen molar-refractivity contribution in [1.29, 1.82) is 0 Å². The molecule has 1 N–H and O–H groups in total. The molecule has 2 nitrogen and oxygen atoms in total. The van der Waals surface area contributed by atoms with Gasteiger partial charge in [-0.1, -0.05) is 13.0 Å². The van der Waals surface area contributed by atoms with Crippen molar-refractivity contribution in [1.82, 2.24) is 0 Å². The van der Waals surface area contributed by atoms with E-state index in [9.17, 15) is 9.90 Å². The fraction of sp³-hybridized carbons (Fsp3) is 0.571. The lowest BCUT2D eigenvalue weighted by Crippen LogP contribution is -2.18. The lowest BCUT2D eigenvalue weighted by molar-refractivity contribution is -0.104. The van der Waals surface area contributed by atoms with E-state index in [-0.39, 0.29) is 0 Å². The first kappa shape index (κ1) is 8.37. The predicted octanol–water partition coefficient (Wildman–Crippen LogP) is 0.902. The Morgan fingerprint density at radius 2 is 2.22 bits per heavy atom. The molecule has 0 aliphatic heterocycles. The summed E-state index contributed by atoms with van der Waals surface area (Å²) in [5.74, 6) is 0. The molecule has 0 saturated heterocycles. The third kappa shape index (κ3) is 3.91. The van der Waals surface area contributed by atoms with Crippen LogP contribution in [0.1, 0.15) is 20.3 Å². The van der Waals surface area contributed by atoms with E-state index in [4.69, 9.17) is 0 Å². The molecule has 1 unspecified atom stereocenters. The summed E-state index contributed by atoms with van der Waals surface area (Å²) in [5.41, 5.74) is -0.819. The van der Waals surface area contributed by atoms with Gasteiger partial charge in [0.1, 0.15) is 6.29 Å². The average Bonchev–Trinajstić information content (AvgIpc) is 1.84. The van der Waals surface area contributed by atoms with Gasteiger partial charge < -0.3 is 5.11 Å². The van der Waals surface area contributed by atoms with Crippen LogP contribution in [0.15, 0.2) is 12.2 Å². The van der Waals surface area contributed by atoms with Crippen molar-refractivity contribution in [2.45, 2.75) is 25.9 Å². The Balaban J connectivity index is 3.84. The zero-order valence-electron chi connectivity index (χ0n) is 5.79. The van der Waals surface area contributed by atoms with Gasteiger partial charge >= 0.3 is 0 Å². The minimum absolute atomic E-state index is 0.622. The van der Waals surface area contributed by atoms with Crippen LogP contribution in [0, 0.1) is 0 Å². The Morgan fingerprint density at radius 3 is 2.56 bits per heavy atom. The number of carbonyl (C=O) groups excluding carboxylic acids is 1. The van der Waals surface area contributed by atoms with E-state index in [2.05, 4.69) is 0 Å². The van der Waals surface area contributed by atoms with E-state index >= 15 is 0 Å². The smallest absolute Gasteiger partial charge is 0.142 e.